The molecule has 1 aliphatic carbocycles. The lowest BCUT2D eigenvalue weighted by Gasteiger charge is -2.12. The molecule has 1 aliphatic rings. The van der Waals surface area contributed by atoms with Crippen molar-refractivity contribution in [2.75, 3.05) is 0 Å². The number of allylic oxidation sites excluding steroid dienone is 1. The van der Waals surface area contributed by atoms with E-state index in [1.54, 1.807) is 0 Å². The second-order valence-corrected chi connectivity index (χ2v) is 3.66. The van der Waals surface area contributed by atoms with Crippen LogP contribution in [-0.4, -0.2) is 0 Å². The maximum absolute atomic E-state index is 6.11. The minimum atomic E-state index is 0.925. The van der Waals surface area contributed by atoms with Crippen molar-refractivity contribution in [3.8, 4) is 0 Å². The van der Waals surface area contributed by atoms with E-state index in [-0.39, 0.29) is 0 Å². The lowest BCUT2D eigenvalue weighted by Crippen LogP contribution is -1.95. The minimum absolute atomic E-state index is 0.925. The van der Waals surface area contributed by atoms with Crippen LogP contribution in [0.25, 0.3) is 6.08 Å². The van der Waals surface area contributed by atoms with Gasteiger partial charge >= 0.3 is 0 Å². The zero-order valence-corrected chi connectivity index (χ0v) is 7.86. The number of hydrogen-bond acceptors (Lipinski definition) is 0. The molecule has 12 heavy (non-hydrogen) atoms. The number of fused-ring (bicyclic) bond motifs is 1. The van der Waals surface area contributed by atoms with E-state index < -0.39 is 0 Å². The van der Waals surface area contributed by atoms with Crippen LogP contribution >= 0.6 is 11.6 Å². The van der Waals surface area contributed by atoms with Gasteiger partial charge < -0.3 is 0 Å². The molecule has 1 heteroatoms. The van der Waals surface area contributed by atoms with Gasteiger partial charge in [0.25, 0.3) is 0 Å². The van der Waals surface area contributed by atoms with Gasteiger partial charge in [0.15, 0.2) is 0 Å². The molecule has 2 rings (SSSR count). The van der Waals surface area contributed by atoms with Crippen molar-refractivity contribution in [1.29, 1.82) is 0 Å². The van der Waals surface area contributed by atoms with Crippen LogP contribution in [0, 0.1) is 6.92 Å². The summed E-state index contributed by atoms with van der Waals surface area (Å²) in [6.45, 7) is 2.08. The average molecular weight is 179 g/mol. The lowest BCUT2D eigenvalue weighted by molar-refractivity contribution is 0.984. The molecular weight excluding hydrogens is 168 g/mol. The molecule has 0 amide bonds. The predicted molar refractivity (Wildman–Crippen MR) is 53.5 cm³/mol. The fourth-order valence-electron chi connectivity index (χ4n) is 1.65. The second-order valence-electron chi connectivity index (χ2n) is 3.26. The first kappa shape index (κ1) is 7.88. The Morgan fingerprint density at radius 1 is 1.33 bits per heavy atom. The third-order valence-corrected chi connectivity index (χ3v) is 2.57. The number of hydrogen-bond donors (Lipinski definition) is 0. The Bertz CT molecular complexity index is 337. The summed E-state index contributed by atoms with van der Waals surface area (Å²) in [6.07, 6.45) is 6.58. The standard InChI is InChI=1S/C11H11Cl/c1-8-6-9-4-2-3-5-10(9)11(12)7-8/h2,4,6-7H,3,5H2,1H3. The van der Waals surface area contributed by atoms with Crippen molar-refractivity contribution in [3.05, 3.63) is 39.9 Å². The molecule has 1 aromatic rings. The molecule has 0 aromatic heterocycles. The van der Waals surface area contributed by atoms with E-state index in [0.29, 0.717) is 0 Å². The van der Waals surface area contributed by atoms with Gasteiger partial charge in [-0.2, -0.15) is 0 Å². The van der Waals surface area contributed by atoms with E-state index in [1.165, 1.54) is 16.7 Å². The van der Waals surface area contributed by atoms with Gasteiger partial charge in [0.1, 0.15) is 0 Å². The third kappa shape index (κ3) is 1.27. The molecule has 0 bridgehead atoms. The molecule has 0 nitrogen and oxygen atoms in total. The van der Waals surface area contributed by atoms with Crippen molar-refractivity contribution in [3.63, 3.8) is 0 Å². The highest BCUT2D eigenvalue weighted by atomic mass is 35.5. The zero-order chi connectivity index (χ0) is 8.55. The third-order valence-electron chi connectivity index (χ3n) is 2.23. The fraction of sp³-hybridized carbons (Fsp3) is 0.273. The maximum atomic E-state index is 6.11. The first-order chi connectivity index (χ1) is 5.77. The van der Waals surface area contributed by atoms with E-state index in [4.69, 9.17) is 11.6 Å². The summed E-state index contributed by atoms with van der Waals surface area (Å²) >= 11 is 6.11. The highest BCUT2D eigenvalue weighted by Gasteiger charge is 2.08. The van der Waals surface area contributed by atoms with Crippen LogP contribution in [0.4, 0.5) is 0 Å². The Kier molecular flexibility index (Phi) is 1.93. The van der Waals surface area contributed by atoms with Gasteiger partial charge in [0.2, 0.25) is 0 Å². The van der Waals surface area contributed by atoms with Gasteiger partial charge in [0.05, 0.1) is 0 Å². The molecule has 0 saturated carbocycles. The van der Waals surface area contributed by atoms with Gasteiger partial charge in [-0.25, -0.2) is 0 Å². The van der Waals surface area contributed by atoms with Gasteiger partial charge in [-0.05, 0) is 42.5 Å². The van der Waals surface area contributed by atoms with Crippen LogP contribution in [-0.2, 0) is 6.42 Å². The average Bonchev–Trinajstić information content (AvgIpc) is 2.04. The van der Waals surface area contributed by atoms with Crippen molar-refractivity contribution in [1.82, 2.24) is 0 Å². The minimum Gasteiger partial charge on any atom is -0.0840 e. The first-order valence-electron chi connectivity index (χ1n) is 4.23. The lowest BCUT2D eigenvalue weighted by atomic mass is 9.96. The van der Waals surface area contributed by atoms with Crippen LogP contribution in [0.1, 0.15) is 23.1 Å². The summed E-state index contributed by atoms with van der Waals surface area (Å²) < 4.78 is 0. The van der Waals surface area contributed by atoms with Crippen molar-refractivity contribution in [2.45, 2.75) is 19.8 Å². The smallest absolute Gasteiger partial charge is 0.0446 e. The van der Waals surface area contributed by atoms with Gasteiger partial charge in [-0.3, -0.25) is 0 Å². The van der Waals surface area contributed by atoms with Crippen LogP contribution in [0.5, 0.6) is 0 Å². The molecule has 0 radical (unpaired) electrons. The van der Waals surface area contributed by atoms with Crippen LogP contribution < -0.4 is 0 Å². The normalized spacial score (nSPS) is 14.5. The molecule has 0 atom stereocenters. The Hall–Kier alpha value is -0.750. The molecule has 62 valence electrons. The summed E-state index contributed by atoms with van der Waals surface area (Å²) in [6, 6.07) is 4.23. The Balaban J connectivity index is 2.62. The zero-order valence-electron chi connectivity index (χ0n) is 7.10. The van der Waals surface area contributed by atoms with Gasteiger partial charge in [-0.15, -0.1) is 0 Å². The number of halogens is 1. The van der Waals surface area contributed by atoms with E-state index in [2.05, 4.69) is 25.1 Å². The molecule has 0 N–H and O–H groups in total. The second kappa shape index (κ2) is 2.95. The van der Waals surface area contributed by atoms with Gasteiger partial charge in [-0.1, -0.05) is 29.8 Å². The van der Waals surface area contributed by atoms with Crippen LogP contribution in [0.3, 0.4) is 0 Å². The Morgan fingerprint density at radius 3 is 3.00 bits per heavy atom. The molecule has 0 unspecified atom stereocenters. The highest BCUT2D eigenvalue weighted by molar-refractivity contribution is 6.31. The molecule has 1 aromatic carbocycles. The predicted octanol–water partition coefficient (Wildman–Crippen LogP) is 3.61. The summed E-state index contributed by atoms with van der Waals surface area (Å²) in [7, 11) is 0. The SMILES string of the molecule is Cc1cc(Cl)c2c(c1)C=CCC2. The number of benzene rings is 1. The molecule has 0 spiro atoms. The largest absolute Gasteiger partial charge is 0.0840 e. The monoisotopic (exact) mass is 178 g/mol. The van der Waals surface area contributed by atoms with E-state index in [1.807, 2.05) is 6.07 Å². The van der Waals surface area contributed by atoms with Crippen molar-refractivity contribution < 1.29 is 0 Å². The summed E-state index contributed by atoms with van der Waals surface area (Å²) in [5.74, 6) is 0. The Labute approximate surface area is 77.9 Å². The van der Waals surface area contributed by atoms with Crippen LogP contribution in [0.2, 0.25) is 5.02 Å². The topological polar surface area (TPSA) is 0 Å². The summed E-state index contributed by atoms with van der Waals surface area (Å²) in [5.41, 5.74) is 3.85. The van der Waals surface area contributed by atoms with E-state index in [9.17, 15) is 0 Å². The van der Waals surface area contributed by atoms with E-state index >= 15 is 0 Å². The summed E-state index contributed by atoms with van der Waals surface area (Å²) in [5, 5.41) is 0.925. The first-order valence-corrected chi connectivity index (χ1v) is 4.61. The highest BCUT2D eigenvalue weighted by Crippen LogP contribution is 2.27. The quantitative estimate of drug-likeness (QED) is 0.570. The summed E-state index contributed by atoms with van der Waals surface area (Å²) in [4.78, 5) is 0. The Morgan fingerprint density at radius 2 is 2.17 bits per heavy atom. The van der Waals surface area contributed by atoms with Crippen molar-refractivity contribution >= 4 is 17.7 Å². The molecule has 0 saturated heterocycles. The molecule has 0 aliphatic heterocycles. The number of rotatable bonds is 0. The maximum Gasteiger partial charge on any atom is 0.0446 e. The van der Waals surface area contributed by atoms with E-state index in [0.717, 1.165) is 17.9 Å². The van der Waals surface area contributed by atoms with Crippen molar-refractivity contribution in [2.24, 2.45) is 0 Å². The molecule has 0 heterocycles. The fourth-order valence-corrected chi connectivity index (χ4v) is 2.03. The van der Waals surface area contributed by atoms with Gasteiger partial charge in [0, 0.05) is 5.02 Å². The van der Waals surface area contributed by atoms with Crippen LogP contribution in [0.15, 0.2) is 18.2 Å². The number of aryl methyl sites for hydroxylation is 1. The molecular formula is C11H11Cl. The molecule has 0 fully saturated rings.